The van der Waals surface area contributed by atoms with Crippen molar-refractivity contribution in [3.63, 3.8) is 0 Å². The van der Waals surface area contributed by atoms with Gasteiger partial charge in [-0.1, -0.05) is 67.0 Å². The molecule has 1 unspecified atom stereocenters. The third-order valence-electron chi connectivity index (χ3n) is 8.53. The number of nitrogens with zero attached hydrogens (tertiary/aromatic N) is 2. The Hall–Kier alpha value is -4.67. The van der Waals surface area contributed by atoms with Gasteiger partial charge in [0.2, 0.25) is 23.6 Å². The number of aromatic nitrogens is 1. The van der Waals surface area contributed by atoms with E-state index in [0.717, 1.165) is 23.8 Å². The first-order valence-electron chi connectivity index (χ1n) is 16.9. The number of carbonyl (C=O) groups excluding carboxylic acids is 4. The molecular weight excluding hydrogens is 758 g/mol. The SMILES string of the molecule is CC(N)(CCN(C(=O)CO)[C@@H](c1cc(-c2cc(F)ccc2F)cn1Cc1ccccc1)C(C)(C)C)C(=O)N[C@H](CNC(=O)CCNC(=O)CBr)C(=O)O. The van der Waals surface area contributed by atoms with Crippen LogP contribution in [0.4, 0.5) is 8.78 Å². The van der Waals surface area contributed by atoms with Gasteiger partial charge >= 0.3 is 5.97 Å². The summed E-state index contributed by atoms with van der Waals surface area (Å²) in [6.45, 7) is 5.78. The van der Waals surface area contributed by atoms with Crippen LogP contribution in [0.5, 0.6) is 0 Å². The quantitative estimate of drug-likeness (QED) is 0.106. The van der Waals surface area contributed by atoms with Crippen molar-refractivity contribution in [2.75, 3.05) is 31.6 Å². The molecule has 0 bridgehead atoms. The summed E-state index contributed by atoms with van der Waals surface area (Å²) in [5.74, 6) is -5.15. The Morgan fingerprint density at radius 3 is 2.26 bits per heavy atom. The summed E-state index contributed by atoms with van der Waals surface area (Å²) in [5, 5.41) is 27.2. The number of aliphatic hydroxyl groups is 1. The van der Waals surface area contributed by atoms with Crippen LogP contribution in [-0.2, 0) is 30.5 Å². The zero-order chi connectivity index (χ0) is 39.5. The molecule has 7 N–H and O–H groups in total. The van der Waals surface area contributed by atoms with Gasteiger partial charge in [0, 0.05) is 55.6 Å². The van der Waals surface area contributed by atoms with Gasteiger partial charge in [-0.25, -0.2) is 13.6 Å². The first-order chi connectivity index (χ1) is 24.9. The minimum atomic E-state index is -1.74. The van der Waals surface area contributed by atoms with E-state index in [-0.39, 0.29) is 42.7 Å². The smallest absolute Gasteiger partial charge is 0.328 e. The molecule has 1 aromatic heterocycles. The molecule has 0 spiro atoms. The predicted molar refractivity (Wildman–Crippen MR) is 198 cm³/mol. The molecule has 0 fully saturated rings. The number of hydrogen-bond donors (Lipinski definition) is 6. The highest BCUT2D eigenvalue weighted by atomic mass is 79.9. The summed E-state index contributed by atoms with van der Waals surface area (Å²) in [6.07, 6.45) is 1.36. The highest BCUT2D eigenvalue weighted by molar-refractivity contribution is 9.09. The predicted octanol–water partition coefficient (Wildman–Crippen LogP) is 3.08. The van der Waals surface area contributed by atoms with Crippen LogP contribution in [0.15, 0.2) is 60.8 Å². The number of aliphatic hydroxyl groups excluding tert-OH is 1. The van der Waals surface area contributed by atoms with E-state index < -0.39 is 71.5 Å². The summed E-state index contributed by atoms with van der Waals surface area (Å²) in [5.41, 5.74) is 5.77. The number of carboxylic acids is 1. The molecule has 3 aromatic rings. The van der Waals surface area contributed by atoms with E-state index in [1.54, 1.807) is 12.3 Å². The van der Waals surface area contributed by atoms with Gasteiger partial charge < -0.3 is 41.4 Å². The molecule has 13 nitrogen and oxygen atoms in total. The first kappa shape index (κ1) is 42.7. The fourth-order valence-electron chi connectivity index (χ4n) is 5.76. The van der Waals surface area contributed by atoms with Crippen LogP contribution >= 0.6 is 15.9 Å². The lowest BCUT2D eigenvalue weighted by atomic mass is 9.82. The summed E-state index contributed by atoms with van der Waals surface area (Å²) in [6, 6.07) is 11.8. The molecule has 3 rings (SSSR count). The molecule has 1 heterocycles. The Labute approximate surface area is 315 Å². The number of hydrogen-bond acceptors (Lipinski definition) is 7. The van der Waals surface area contributed by atoms with Crippen molar-refractivity contribution in [3.05, 3.63) is 83.7 Å². The number of amides is 4. The fourth-order valence-corrected chi connectivity index (χ4v) is 5.96. The Morgan fingerprint density at radius 1 is 0.981 bits per heavy atom. The highest BCUT2D eigenvalue weighted by Gasteiger charge is 2.39. The van der Waals surface area contributed by atoms with Crippen LogP contribution < -0.4 is 21.7 Å². The monoisotopic (exact) mass is 804 g/mol. The van der Waals surface area contributed by atoms with E-state index in [1.165, 1.54) is 11.8 Å². The minimum absolute atomic E-state index is 0.0163. The van der Waals surface area contributed by atoms with Gasteiger partial charge in [0.1, 0.15) is 24.3 Å². The number of benzene rings is 2. The number of rotatable bonds is 18. The van der Waals surface area contributed by atoms with Crippen molar-refractivity contribution in [2.45, 2.75) is 64.7 Å². The highest BCUT2D eigenvalue weighted by Crippen LogP contribution is 2.41. The van der Waals surface area contributed by atoms with Crippen LogP contribution in [0.3, 0.4) is 0 Å². The molecule has 2 aromatic carbocycles. The second kappa shape index (κ2) is 18.9. The van der Waals surface area contributed by atoms with Gasteiger partial charge in [0.15, 0.2) is 0 Å². The second-order valence-electron chi connectivity index (χ2n) is 14.0. The third-order valence-corrected chi connectivity index (χ3v) is 9.04. The van der Waals surface area contributed by atoms with E-state index >= 15 is 4.39 Å². The summed E-state index contributed by atoms with van der Waals surface area (Å²) < 4.78 is 31.2. The number of aliphatic carboxylic acids is 1. The molecule has 0 saturated carbocycles. The van der Waals surface area contributed by atoms with Crippen molar-refractivity contribution in [1.82, 2.24) is 25.4 Å². The van der Waals surface area contributed by atoms with E-state index in [9.17, 15) is 38.6 Å². The molecule has 16 heteroatoms. The Morgan fingerprint density at radius 2 is 1.66 bits per heavy atom. The summed E-state index contributed by atoms with van der Waals surface area (Å²) >= 11 is 2.99. The minimum Gasteiger partial charge on any atom is -0.480 e. The van der Waals surface area contributed by atoms with E-state index in [4.69, 9.17) is 5.73 Å². The maximum Gasteiger partial charge on any atom is 0.328 e. The van der Waals surface area contributed by atoms with Crippen molar-refractivity contribution < 1.29 is 43.0 Å². The standard InChI is InChI=1S/C37H47BrF2N6O7/c1-36(2,3)33(29-16-24(26-17-25(39)10-11-27(26)40)21-45(29)20-23-8-6-5-7-9-23)46(32(50)22-47)15-13-37(4,41)35(53)44-28(34(51)52)19-43-30(48)12-14-42-31(49)18-38/h5-11,16-17,21,28,33,47H,12-15,18-20,22,41H2,1-4H3,(H,42,49)(H,43,48)(H,44,53)(H,51,52)/t28-,33+,37?/m1/s1. The largest absolute Gasteiger partial charge is 0.480 e. The Balaban J connectivity index is 1.91. The van der Waals surface area contributed by atoms with Crippen LogP contribution in [-0.4, -0.2) is 92.4 Å². The van der Waals surface area contributed by atoms with E-state index in [2.05, 4.69) is 31.9 Å². The van der Waals surface area contributed by atoms with Gasteiger partial charge in [-0.3, -0.25) is 19.2 Å². The zero-order valence-electron chi connectivity index (χ0n) is 30.1. The average Bonchev–Trinajstić information content (AvgIpc) is 3.50. The third kappa shape index (κ3) is 12.2. The van der Waals surface area contributed by atoms with Crippen LogP contribution in [0, 0.1) is 17.0 Å². The zero-order valence-corrected chi connectivity index (χ0v) is 31.7. The number of nitrogens with one attached hydrogen (secondary N) is 3. The van der Waals surface area contributed by atoms with Gasteiger partial charge in [-0.2, -0.15) is 0 Å². The number of halogens is 3. The fraction of sp³-hybridized carbons (Fsp3) is 0.432. The molecule has 0 aliphatic carbocycles. The van der Waals surface area contributed by atoms with Crippen molar-refractivity contribution in [3.8, 4) is 11.1 Å². The number of nitrogens with two attached hydrogens (primary N) is 1. The molecular formula is C37H47BrF2N6O7. The second-order valence-corrected chi connectivity index (χ2v) is 14.5. The van der Waals surface area contributed by atoms with Crippen LogP contribution in [0.1, 0.15) is 57.8 Å². The Bertz CT molecular complexity index is 1760. The van der Waals surface area contributed by atoms with Crippen molar-refractivity contribution in [1.29, 1.82) is 0 Å². The number of alkyl halides is 1. The van der Waals surface area contributed by atoms with E-state index in [0.29, 0.717) is 17.8 Å². The topological polar surface area (TPSA) is 196 Å². The molecule has 0 aliphatic rings. The molecule has 4 amide bonds. The molecule has 288 valence electrons. The normalized spacial score (nSPS) is 13.7. The lowest BCUT2D eigenvalue weighted by Gasteiger charge is -2.42. The van der Waals surface area contributed by atoms with Crippen molar-refractivity contribution >= 4 is 45.5 Å². The lowest BCUT2D eigenvalue weighted by molar-refractivity contribution is -0.143. The number of carbonyl (C=O) groups is 5. The molecule has 3 atom stereocenters. The summed E-state index contributed by atoms with van der Waals surface area (Å²) in [7, 11) is 0. The lowest BCUT2D eigenvalue weighted by Crippen LogP contribution is -2.59. The van der Waals surface area contributed by atoms with Gasteiger partial charge in [-0.15, -0.1) is 0 Å². The van der Waals surface area contributed by atoms with Crippen molar-refractivity contribution in [2.24, 2.45) is 11.1 Å². The van der Waals surface area contributed by atoms with Gasteiger partial charge in [0.25, 0.3) is 0 Å². The van der Waals surface area contributed by atoms with Crippen LogP contribution in [0.25, 0.3) is 11.1 Å². The Kier molecular flexibility index (Phi) is 15.2. The number of carboxylic acid groups (broad SMARTS) is 1. The van der Waals surface area contributed by atoms with Crippen LogP contribution in [0.2, 0.25) is 0 Å². The molecule has 0 aliphatic heterocycles. The average molecular weight is 806 g/mol. The van der Waals surface area contributed by atoms with Gasteiger partial charge in [0.05, 0.1) is 16.9 Å². The maximum absolute atomic E-state index is 15.0. The summed E-state index contributed by atoms with van der Waals surface area (Å²) in [4.78, 5) is 63.8. The van der Waals surface area contributed by atoms with Gasteiger partial charge in [-0.05, 0) is 48.6 Å². The molecule has 0 saturated heterocycles. The first-order valence-corrected chi connectivity index (χ1v) is 18.0. The maximum atomic E-state index is 15.0. The van der Waals surface area contributed by atoms with E-state index in [1.807, 2.05) is 55.7 Å². The molecule has 0 radical (unpaired) electrons. The molecule has 53 heavy (non-hydrogen) atoms.